The van der Waals surface area contributed by atoms with Crippen molar-refractivity contribution in [2.75, 3.05) is 11.4 Å². The lowest BCUT2D eigenvalue weighted by Crippen LogP contribution is -2.35. The van der Waals surface area contributed by atoms with E-state index in [0.717, 1.165) is 24.1 Å². The number of para-hydroxylation sites is 1. The van der Waals surface area contributed by atoms with Crippen LogP contribution < -0.4 is 10.2 Å². The number of pyridine rings is 2. The number of hydrogen-bond donors (Lipinski definition) is 1. The molecular weight excluding hydrogens is 352 g/mol. The van der Waals surface area contributed by atoms with E-state index in [1.54, 1.807) is 23.4 Å². The van der Waals surface area contributed by atoms with E-state index in [4.69, 9.17) is 0 Å². The molecule has 6 nitrogen and oxygen atoms in total. The number of rotatable bonds is 4. The molecule has 2 amide bonds. The number of amides is 2. The van der Waals surface area contributed by atoms with Crippen LogP contribution in [0.5, 0.6) is 0 Å². The molecule has 1 aliphatic rings. The van der Waals surface area contributed by atoms with Crippen molar-refractivity contribution in [2.24, 2.45) is 0 Å². The maximum atomic E-state index is 13.1. The Morgan fingerprint density at radius 1 is 1.00 bits per heavy atom. The lowest BCUT2D eigenvalue weighted by atomic mass is 10.0. The number of fused-ring (bicyclic) bond motifs is 1. The highest BCUT2D eigenvalue weighted by molar-refractivity contribution is 6.08. The molecule has 0 aliphatic carbocycles. The van der Waals surface area contributed by atoms with Crippen molar-refractivity contribution in [1.82, 2.24) is 15.3 Å². The van der Waals surface area contributed by atoms with E-state index in [-0.39, 0.29) is 11.8 Å². The molecule has 140 valence electrons. The van der Waals surface area contributed by atoms with E-state index in [2.05, 4.69) is 21.4 Å². The van der Waals surface area contributed by atoms with Crippen LogP contribution in [0.4, 0.5) is 5.69 Å². The van der Waals surface area contributed by atoms with Gasteiger partial charge in [-0.05, 0) is 42.2 Å². The van der Waals surface area contributed by atoms with Gasteiger partial charge in [-0.3, -0.25) is 19.6 Å². The Morgan fingerprint density at radius 2 is 1.86 bits per heavy atom. The van der Waals surface area contributed by atoms with Crippen molar-refractivity contribution in [3.63, 3.8) is 0 Å². The summed E-state index contributed by atoms with van der Waals surface area (Å²) in [6, 6.07) is 13.2. The molecule has 3 aromatic rings. The second kappa shape index (κ2) is 8.00. The SMILES string of the molecule is O=C(NCc1cccnc1)c1cncc(C(=O)N2CCCc3ccccc32)c1. The van der Waals surface area contributed by atoms with Gasteiger partial charge in [-0.2, -0.15) is 0 Å². The minimum Gasteiger partial charge on any atom is -0.348 e. The first-order valence-corrected chi connectivity index (χ1v) is 9.24. The van der Waals surface area contributed by atoms with Gasteiger partial charge in [0, 0.05) is 43.6 Å². The number of aryl methyl sites for hydroxylation is 1. The fourth-order valence-electron chi connectivity index (χ4n) is 3.37. The summed E-state index contributed by atoms with van der Waals surface area (Å²) >= 11 is 0. The first-order valence-electron chi connectivity index (χ1n) is 9.24. The number of hydrogen-bond acceptors (Lipinski definition) is 4. The molecule has 28 heavy (non-hydrogen) atoms. The zero-order valence-corrected chi connectivity index (χ0v) is 15.3. The Balaban J connectivity index is 1.51. The Kier molecular flexibility index (Phi) is 5.10. The van der Waals surface area contributed by atoms with E-state index in [1.807, 2.05) is 30.3 Å². The Bertz CT molecular complexity index is 1000. The molecule has 0 bridgehead atoms. The number of anilines is 1. The Morgan fingerprint density at radius 3 is 2.71 bits per heavy atom. The molecule has 0 radical (unpaired) electrons. The molecule has 6 heteroatoms. The molecule has 3 heterocycles. The Hall–Kier alpha value is -3.54. The van der Waals surface area contributed by atoms with Crippen LogP contribution >= 0.6 is 0 Å². The molecule has 0 fully saturated rings. The Labute approximate surface area is 163 Å². The van der Waals surface area contributed by atoms with Crippen LogP contribution in [0.25, 0.3) is 0 Å². The summed E-state index contributed by atoms with van der Waals surface area (Å²) in [7, 11) is 0. The molecule has 1 N–H and O–H groups in total. The fraction of sp³-hybridized carbons (Fsp3) is 0.182. The van der Waals surface area contributed by atoms with Crippen molar-refractivity contribution in [1.29, 1.82) is 0 Å². The van der Waals surface area contributed by atoms with E-state index in [1.165, 1.54) is 18.0 Å². The van der Waals surface area contributed by atoms with Crippen molar-refractivity contribution in [3.05, 3.63) is 89.5 Å². The lowest BCUT2D eigenvalue weighted by molar-refractivity contribution is 0.0950. The quantitative estimate of drug-likeness (QED) is 0.764. The molecular formula is C22H20N4O2. The van der Waals surface area contributed by atoms with Crippen LogP contribution in [0.3, 0.4) is 0 Å². The van der Waals surface area contributed by atoms with Crippen LogP contribution in [0.2, 0.25) is 0 Å². The van der Waals surface area contributed by atoms with Crippen LogP contribution in [-0.2, 0) is 13.0 Å². The van der Waals surface area contributed by atoms with Gasteiger partial charge >= 0.3 is 0 Å². The van der Waals surface area contributed by atoms with Crippen molar-refractivity contribution < 1.29 is 9.59 Å². The van der Waals surface area contributed by atoms with Crippen LogP contribution in [-0.4, -0.2) is 28.3 Å². The normalized spacial score (nSPS) is 12.9. The molecule has 0 saturated carbocycles. The van der Waals surface area contributed by atoms with Crippen molar-refractivity contribution in [3.8, 4) is 0 Å². The van der Waals surface area contributed by atoms with Gasteiger partial charge in [-0.25, -0.2) is 0 Å². The van der Waals surface area contributed by atoms with E-state index >= 15 is 0 Å². The molecule has 1 aliphatic heterocycles. The van der Waals surface area contributed by atoms with Crippen LogP contribution in [0.1, 0.15) is 38.3 Å². The van der Waals surface area contributed by atoms with Gasteiger partial charge in [0.25, 0.3) is 11.8 Å². The molecule has 2 aromatic heterocycles. The zero-order chi connectivity index (χ0) is 19.3. The summed E-state index contributed by atoms with van der Waals surface area (Å²) in [5.41, 5.74) is 3.78. The maximum absolute atomic E-state index is 13.1. The first kappa shape index (κ1) is 17.9. The van der Waals surface area contributed by atoms with E-state index < -0.39 is 0 Å². The third-order valence-corrected chi connectivity index (χ3v) is 4.78. The minimum absolute atomic E-state index is 0.137. The molecule has 0 unspecified atom stereocenters. The summed E-state index contributed by atoms with van der Waals surface area (Å²) in [4.78, 5) is 35.4. The monoisotopic (exact) mass is 372 g/mol. The summed E-state index contributed by atoms with van der Waals surface area (Å²) in [6.07, 6.45) is 8.25. The molecule has 0 spiro atoms. The molecule has 4 rings (SSSR count). The van der Waals surface area contributed by atoms with Gasteiger partial charge in [0.15, 0.2) is 0 Å². The van der Waals surface area contributed by atoms with Crippen molar-refractivity contribution >= 4 is 17.5 Å². The van der Waals surface area contributed by atoms with Gasteiger partial charge in [0.05, 0.1) is 11.1 Å². The molecule has 1 aromatic carbocycles. The highest BCUT2D eigenvalue weighted by Crippen LogP contribution is 2.28. The number of benzene rings is 1. The van der Waals surface area contributed by atoms with Crippen molar-refractivity contribution in [2.45, 2.75) is 19.4 Å². The van der Waals surface area contributed by atoms with Crippen LogP contribution in [0, 0.1) is 0 Å². The molecule has 0 saturated heterocycles. The number of carbonyl (C=O) groups excluding carboxylic acids is 2. The summed E-state index contributed by atoms with van der Waals surface area (Å²) in [5.74, 6) is -0.411. The second-order valence-corrected chi connectivity index (χ2v) is 6.70. The van der Waals surface area contributed by atoms with Crippen LogP contribution in [0.15, 0.2) is 67.3 Å². The smallest absolute Gasteiger partial charge is 0.259 e. The summed E-state index contributed by atoms with van der Waals surface area (Å²) in [6.45, 7) is 1.03. The second-order valence-electron chi connectivity index (χ2n) is 6.70. The predicted molar refractivity (Wildman–Crippen MR) is 106 cm³/mol. The average Bonchev–Trinajstić information content (AvgIpc) is 2.77. The summed E-state index contributed by atoms with van der Waals surface area (Å²) in [5, 5.41) is 2.83. The van der Waals surface area contributed by atoms with Gasteiger partial charge in [-0.15, -0.1) is 0 Å². The average molecular weight is 372 g/mol. The number of nitrogens with zero attached hydrogens (tertiary/aromatic N) is 3. The summed E-state index contributed by atoms with van der Waals surface area (Å²) < 4.78 is 0. The highest BCUT2D eigenvalue weighted by atomic mass is 16.2. The zero-order valence-electron chi connectivity index (χ0n) is 15.3. The number of aromatic nitrogens is 2. The number of carbonyl (C=O) groups is 2. The standard InChI is InChI=1S/C22H20N4O2/c27-21(25-13-16-5-3-9-23-12-16)18-11-19(15-24-14-18)22(28)26-10-4-7-17-6-1-2-8-20(17)26/h1-3,5-6,8-9,11-12,14-15H,4,7,10,13H2,(H,25,27). The molecule has 0 atom stereocenters. The van der Waals surface area contributed by atoms with Gasteiger partial charge < -0.3 is 10.2 Å². The van der Waals surface area contributed by atoms with Gasteiger partial charge in [0.1, 0.15) is 0 Å². The van der Waals surface area contributed by atoms with Gasteiger partial charge in [-0.1, -0.05) is 24.3 Å². The van der Waals surface area contributed by atoms with E-state index in [9.17, 15) is 9.59 Å². The van der Waals surface area contributed by atoms with Gasteiger partial charge in [0.2, 0.25) is 0 Å². The number of nitrogens with one attached hydrogen (secondary N) is 1. The third-order valence-electron chi connectivity index (χ3n) is 4.78. The first-order chi connectivity index (χ1) is 13.7. The minimum atomic E-state index is -0.273. The highest BCUT2D eigenvalue weighted by Gasteiger charge is 2.24. The topological polar surface area (TPSA) is 75.2 Å². The maximum Gasteiger partial charge on any atom is 0.259 e. The largest absolute Gasteiger partial charge is 0.348 e. The van der Waals surface area contributed by atoms with E-state index in [0.29, 0.717) is 24.2 Å². The predicted octanol–water partition coefficient (Wildman–Crippen LogP) is 3.00. The fourth-order valence-corrected chi connectivity index (χ4v) is 3.37. The lowest BCUT2D eigenvalue weighted by Gasteiger charge is -2.29. The third kappa shape index (κ3) is 3.76.